The topological polar surface area (TPSA) is 63.3 Å². The van der Waals surface area contributed by atoms with E-state index < -0.39 is 5.97 Å². The zero-order chi connectivity index (χ0) is 8.43. The van der Waals surface area contributed by atoms with Gasteiger partial charge in [-0.25, -0.2) is 4.79 Å². The first kappa shape index (κ1) is 7.78. The lowest BCUT2D eigenvalue weighted by molar-refractivity contribution is 0.0694. The van der Waals surface area contributed by atoms with E-state index in [0.717, 1.165) is 0 Å². The Morgan fingerprint density at radius 1 is 1.73 bits per heavy atom. The van der Waals surface area contributed by atoms with Crippen molar-refractivity contribution in [2.45, 2.75) is 19.8 Å². The van der Waals surface area contributed by atoms with Gasteiger partial charge in [-0.15, -0.1) is 0 Å². The molecule has 0 amide bonds. The predicted octanol–water partition coefficient (Wildman–Crippen LogP) is 1.50. The maximum Gasteiger partial charge on any atom is 0.340 e. The van der Waals surface area contributed by atoms with Crippen LogP contribution in [0, 0.1) is 0 Å². The molecule has 0 aliphatic heterocycles. The molecule has 1 aromatic rings. The summed E-state index contributed by atoms with van der Waals surface area (Å²) in [6.07, 6.45) is 1.22. The van der Waals surface area contributed by atoms with Gasteiger partial charge in [-0.05, 0) is 0 Å². The summed E-state index contributed by atoms with van der Waals surface area (Å²) >= 11 is 0. The van der Waals surface area contributed by atoms with Crippen LogP contribution in [0.4, 0.5) is 0 Å². The second kappa shape index (κ2) is 2.74. The minimum atomic E-state index is -0.991. The van der Waals surface area contributed by atoms with Gasteiger partial charge in [0, 0.05) is 5.92 Å². The number of aromatic carboxylic acids is 1. The molecule has 0 unspecified atom stereocenters. The van der Waals surface area contributed by atoms with Crippen LogP contribution in [-0.2, 0) is 0 Å². The Hall–Kier alpha value is -1.32. The fourth-order valence-electron chi connectivity index (χ4n) is 0.826. The Balaban J connectivity index is 3.06. The number of hydrogen-bond donors (Lipinski definition) is 1. The van der Waals surface area contributed by atoms with Crippen LogP contribution in [0.5, 0.6) is 0 Å². The molecular formula is C7H9NO3. The van der Waals surface area contributed by atoms with Crippen LogP contribution in [0.1, 0.15) is 35.9 Å². The summed E-state index contributed by atoms with van der Waals surface area (Å²) in [6.45, 7) is 3.71. The van der Waals surface area contributed by atoms with E-state index in [1.807, 2.05) is 13.8 Å². The molecule has 1 N–H and O–H groups in total. The predicted molar refractivity (Wildman–Crippen MR) is 37.6 cm³/mol. The molecule has 1 aromatic heterocycles. The Labute approximate surface area is 63.8 Å². The molecule has 0 saturated heterocycles. The van der Waals surface area contributed by atoms with Gasteiger partial charge < -0.3 is 9.63 Å². The minimum Gasteiger partial charge on any atom is -0.478 e. The first-order valence-corrected chi connectivity index (χ1v) is 3.30. The van der Waals surface area contributed by atoms with Gasteiger partial charge in [0.05, 0.1) is 6.20 Å². The molecule has 0 saturated carbocycles. The quantitative estimate of drug-likeness (QED) is 0.702. The van der Waals surface area contributed by atoms with E-state index in [1.54, 1.807) is 0 Å². The highest BCUT2D eigenvalue weighted by molar-refractivity contribution is 5.88. The van der Waals surface area contributed by atoms with Gasteiger partial charge >= 0.3 is 5.97 Å². The van der Waals surface area contributed by atoms with Crippen LogP contribution in [0.15, 0.2) is 10.7 Å². The van der Waals surface area contributed by atoms with Gasteiger partial charge in [-0.1, -0.05) is 19.0 Å². The molecular weight excluding hydrogens is 146 g/mol. The van der Waals surface area contributed by atoms with Gasteiger partial charge in [-0.3, -0.25) is 0 Å². The second-order valence-electron chi connectivity index (χ2n) is 2.56. The standard InChI is InChI=1S/C7H9NO3/c1-4(2)6-5(7(9)10)3-8-11-6/h3-4H,1-2H3,(H,9,10). The molecule has 0 atom stereocenters. The Bertz CT molecular complexity index is 264. The molecule has 0 bridgehead atoms. The monoisotopic (exact) mass is 155 g/mol. The van der Waals surface area contributed by atoms with Crippen molar-refractivity contribution in [2.75, 3.05) is 0 Å². The zero-order valence-electron chi connectivity index (χ0n) is 6.37. The maximum absolute atomic E-state index is 10.5. The van der Waals surface area contributed by atoms with E-state index in [2.05, 4.69) is 5.16 Å². The summed E-state index contributed by atoms with van der Waals surface area (Å²) in [6, 6.07) is 0. The van der Waals surface area contributed by atoms with E-state index in [0.29, 0.717) is 5.76 Å². The Morgan fingerprint density at radius 2 is 2.36 bits per heavy atom. The van der Waals surface area contributed by atoms with E-state index in [4.69, 9.17) is 9.63 Å². The van der Waals surface area contributed by atoms with Crippen LogP contribution in [0.25, 0.3) is 0 Å². The minimum absolute atomic E-state index is 0.0589. The van der Waals surface area contributed by atoms with Crippen molar-refractivity contribution in [1.82, 2.24) is 5.16 Å². The van der Waals surface area contributed by atoms with Crippen LogP contribution in [0.3, 0.4) is 0 Å². The van der Waals surface area contributed by atoms with E-state index >= 15 is 0 Å². The zero-order valence-corrected chi connectivity index (χ0v) is 6.37. The van der Waals surface area contributed by atoms with Crippen molar-refractivity contribution in [3.8, 4) is 0 Å². The third-order valence-corrected chi connectivity index (χ3v) is 1.35. The average Bonchev–Trinajstić information content (AvgIpc) is 2.32. The number of carboxylic acids is 1. The lowest BCUT2D eigenvalue weighted by Crippen LogP contribution is -1.99. The summed E-state index contributed by atoms with van der Waals surface area (Å²) in [5, 5.41) is 12.0. The molecule has 0 spiro atoms. The van der Waals surface area contributed by atoms with Gasteiger partial charge in [0.25, 0.3) is 0 Å². The lowest BCUT2D eigenvalue weighted by Gasteiger charge is -1.98. The Kier molecular flexibility index (Phi) is 1.94. The van der Waals surface area contributed by atoms with Crippen molar-refractivity contribution in [2.24, 2.45) is 0 Å². The number of carbonyl (C=O) groups is 1. The number of rotatable bonds is 2. The molecule has 4 heteroatoms. The fourth-order valence-corrected chi connectivity index (χ4v) is 0.826. The van der Waals surface area contributed by atoms with Crippen LogP contribution >= 0.6 is 0 Å². The molecule has 4 nitrogen and oxygen atoms in total. The summed E-state index contributed by atoms with van der Waals surface area (Å²) in [5.41, 5.74) is 0.153. The van der Waals surface area contributed by atoms with Gasteiger partial charge in [0.15, 0.2) is 5.76 Å². The third kappa shape index (κ3) is 1.39. The van der Waals surface area contributed by atoms with Crippen molar-refractivity contribution >= 4 is 5.97 Å². The Morgan fingerprint density at radius 3 is 2.73 bits per heavy atom. The smallest absolute Gasteiger partial charge is 0.340 e. The number of nitrogens with zero attached hydrogens (tertiary/aromatic N) is 1. The largest absolute Gasteiger partial charge is 0.478 e. The van der Waals surface area contributed by atoms with Crippen molar-refractivity contribution in [3.05, 3.63) is 17.5 Å². The van der Waals surface area contributed by atoms with E-state index in [9.17, 15) is 4.79 Å². The van der Waals surface area contributed by atoms with Crippen LogP contribution in [-0.4, -0.2) is 16.2 Å². The molecule has 0 aromatic carbocycles. The summed E-state index contributed by atoms with van der Waals surface area (Å²) < 4.78 is 4.76. The summed E-state index contributed by atoms with van der Waals surface area (Å²) in [7, 11) is 0. The molecule has 1 heterocycles. The molecule has 0 aliphatic carbocycles. The first-order valence-electron chi connectivity index (χ1n) is 3.30. The van der Waals surface area contributed by atoms with E-state index in [1.165, 1.54) is 6.20 Å². The summed E-state index contributed by atoms with van der Waals surface area (Å²) in [5.74, 6) is -0.504. The van der Waals surface area contributed by atoms with Gasteiger partial charge in [0.2, 0.25) is 0 Å². The molecule has 0 fully saturated rings. The van der Waals surface area contributed by atoms with E-state index in [-0.39, 0.29) is 11.5 Å². The highest BCUT2D eigenvalue weighted by Gasteiger charge is 2.17. The highest BCUT2D eigenvalue weighted by Crippen LogP contribution is 2.18. The summed E-state index contributed by atoms with van der Waals surface area (Å²) in [4.78, 5) is 10.5. The second-order valence-corrected chi connectivity index (χ2v) is 2.56. The fraction of sp³-hybridized carbons (Fsp3) is 0.429. The molecule has 11 heavy (non-hydrogen) atoms. The lowest BCUT2D eigenvalue weighted by atomic mass is 10.1. The molecule has 1 rings (SSSR count). The molecule has 0 aliphatic rings. The van der Waals surface area contributed by atoms with Crippen molar-refractivity contribution in [3.63, 3.8) is 0 Å². The number of aromatic nitrogens is 1. The van der Waals surface area contributed by atoms with Gasteiger partial charge in [-0.2, -0.15) is 0 Å². The van der Waals surface area contributed by atoms with Crippen LogP contribution < -0.4 is 0 Å². The van der Waals surface area contributed by atoms with Crippen molar-refractivity contribution < 1.29 is 14.4 Å². The van der Waals surface area contributed by atoms with Gasteiger partial charge in [0.1, 0.15) is 5.56 Å². The number of hydrogen-bond acceptors (Lipinski definition) is 3. The van der Waals surface area contributed by atoms with Crippen LogP contribution in [0.2, 0.25) is 0 Å². The number of carboxylic acid groups (broad SMARTS) is 1. The average molecular weight is 155 g/mol. The SMILES string of the molecule is CC(C)c1oncc1C(=O)O. The molecule has 60 valence electrons. The molecule has 0 radical (unpaired) electrons. The normalized spacial score (nSPS) is 10.5. The highest BCUT2D eigenvalue weighted by atomic mass is 16.5. The van der Waals surface area contributed by atoms with Crippen molar-refractivity contribution in [1.29, 1.82) is 0 Å². The maximum atomic E-state index is 10.5. The third-order valence-electron chi connectivity index (χ3n) is 1.35. The first-order chi connectivity index (χ1) is 5.13.